The molecule has 0 saturated heterocycles. The van der Waals surface area contributed by atoms with Gasteiger partial charge in [0.25, 0.3) is 0 Å². The van der Waals surface area contributed by atoms with Gasteiger partial charge in [0, 0.05) is 16.5 Å². The monoisotopic (exact) mass is 474 g/mol. The lowest BCUT2D eigenvalue weighted by Gasteiger charge is -2.17. The second-order valence-corrected chi connectivity index (χ2v) is 11.1. The Hall–Kier alpha value is -2.22. The summed E-state index contributed by atoms with van der Waals surface area (Å²) in [7, 11) is -6.41. The van der Waals surface area contributed by atoms with Crippen LogP contribution in [0, 0.1) is 0 Å². The Morgan fingerprint density at radius 1 is 0.897 bits per heavy atom. The lowest BCUT2D eigenvalue weighted by atomic mass is 10.2. The zero-order valence-electron chi connectivity index (χ0n) is 14.8. The molecule has 0 bridgehead atoms. The van der Waals surface area contributed by atoms with Gasteiger partial charge >= 0.3 is 0 Å². The third-order valence-electron chi connectivity index (χ3n) is 4.00. The lowest BCUT2D eigenvalue weighted by molar-refractivity contribution is 0.478. The molecule has 1 aromatic rings. The third-order valence-corrected chi connectivity index (χ3v) is 7.23. The van der Waals surface area contributed by atoms with Crippen molar-refractivity contribution in [2.45, 2.75) is 12.1 Å². The molecule has 29 heavy (non-hydrogen) atoms. The fourth-order valence-electron chi connectivity index (χ4n) is 2.71. The number of nitrogens with one attached hydrogen (secondary N) is 4. The van der Waals surface area contributed by atoms with Gasteiger partial charge in [-0.05, 0) is 54.8 Å². The zero-order valence-corrected chi connectivity index (χ0v) is 18.1. The molecule has 0 radical (unpaired) electrons. The molecule has 0 fully saturated rings. The number of phenolic OH excluding ortho intramolecular Hbond substituents is 1. The highest BCUT2D eigenvalue weighted by molar-refractivity contribution is 7.94. The third kappa shape index (κ3) is 6.13. The van der Waals surface area contributed by atoms with E-state index in [1.807, 2.05) is 0 Å². The van der Waals surface area contributed by atoms with Crippen LogP contribution in [0.15, 0.2) is 41.2 Å². The van der Waals surface area contributed by atoms with Crippen LogP contribution in [-0.2, 0) is 19.7 Å². The normalized spacial score (nSPS) is 23.4. The first kappa shape index (κ1) is 21.5. The minimum Gasteiger partial charge on any atom is -0.506 e. The summed E-state index contributed by atoms with van der Waals surface area (Å²) in [5, 5.41) is 24.1. The van der Waals surface area contributed by atoms with E-state index in [0.717, 1.165) is 10.8 Å². The summed E-state index contributed by atoms with van der Waals surface area (Å²) in [6.45, 7) is 0. The Bertz CT molecular complexity index is 1110. The van der Waals surface area contributed by atoms with Crippen molar-refractivity contribution >= 4 is 65.7 Å². The van der Waals surface area contributed by atoms with Crippen molar-refractivity contribution in [2.75, 3.05) is 22.1 Å². The number of anilines is 2. The molecule has 9 nitrogen and oxygen atoms in total. The van der Waals surface area contributed by atoms with Crippen LogP contribution < -0.4 is 21.3 Å². The van der Waals surface area contributed by atoms with Gasteiger partial charge in [-0.3, -0.25) is 0 Å². The lowest BCUT2D eigenvalue weighted by Crippen LogP contribution is -2.38. The predicted octanol–water partition coefficient (Wildman–Crippen LogP) is 0.586. The molecule has 3 rings (SSSR count). The number of thiocarbonyl (C=S) groups is 2. The number of phenols is 1. The molecule has 156 valence electrons. The largest absolute Gasteiger partial charge is 0.506 e. The highest BCUT2D eigenvalue weighted by Crippen LogP contribution is 2.27. The summed E-state index contributed by atoms with van der Waals surface area (Å²) >= 11 is 10.4. The molecule has 0 aliphatic carbocycles. The number of aromatic hydroxyl groups is 1. The fraction of sp³-hybridized carbons (Fsp3) is 0.250. The van der Waals surface area contributed by atoms with Crippen molar-refractivity contribution < 1.29 is 21.9 Å². The zero-order chi connectivity index (χ0) is 21.2. The minimum absolute atomic E-state index is 0.0670. The molecule has 13 heteroatoms. The van der Waals surface area contributed by atoms with E-state index in [1.165, 1.54) is 18.2 Å². The Kier molecular flexibility index (Phi) is 6.12. The summed E-state index contributed by atoms with van der Waals surface area (Å²) in [6, 6.07) is 3.70. The number of hydrogen-bond acceptors (Lipinski definition) is 7. The van der Waals surface area contributed by atoms with E-state index >= 15 is 0 Å². The maximum atomic E-state index is 11.4. The van der Waals surface area contributed by atoms with Gasteiger partial charge < -0.3 is 26.4 Å². The second-order valence-electron chi connectivity index (χ2n) is 6.46. The van der Waals surface area contributed by atoms with E-state index in [0.29, 0.717) is 5.69 Å². The molecule has 2 aliphatic rings. The van der Waals surface area contributed by atoms with Crippen molar-refractivity contribution in [3.63, 3.8) is 0 Å². The number of hydrogen-bond donors (Lipinski definition) is 5. The molecule has 5 N–H and O–H groups in total. The van der Waals surface area contributed by atoms with Gasteiger partial charge in [0.2, 0.25) is 0 Å². The summed E-state index contributed by atoms with van der Waals surface area (Å²) in [4.78, 5) is 0. The van der Waals surface area contributed by atoms with E-state index < -0.39 is 31.8 Å². The Morgan fingerprint density at radius 2 is 1.41 bits per heavy atom. The molecule has 0 saturated carbocycles. The van der Waals surface area contributed by atoms with E-state index in [9.17, 15) is 21.9 Å². The minimum atomic E-state index is -3.21. The SMILES string of the molecule is O=S1(=O)C=CC(NC(=S)Nc2ccc(O)c(NC(=S)NC3C=CS(=O)(=O)C3)c2)C1. The topological polar surface area (TPSA) is 137 Å². The van der Waals surface area contributed by atoms with Gasteiger partial charge in [0.1, 0.15) is 5.75 Å². The number of benzene rings is 1. The van der Waals surface area contributed by atoms with Crippen LogP contribution in [0.1, 0.15) is 0 Å². The summed E-state index contributed by atoms with van der Waals surface area (Å²) in [5.41, 5.74) is 0.808. The molecule has 0 amide bonds. The van der Waals surface area contributed by atoms with E-state index in [2.05, 4.69) is 21.3 Å². The maximum absolute atomic E-state index is 11.4. The Morgan fingerprint density at radius 3 is 1.90 bits per heavy atom. The van der Waals surface area contributed by atoms with Gasteiger partial charge in [-0.1, -0.05) is 0 Å². The van der Waals surface area contributed by atoms with Crippen LogP contribution in [0.3, 0.4) is 0 Å². The molecule has 2 unspecified atom stereocenters. The number of sulfone groups is 2. The predicted molar refractivity (Wildman–Crippen MR) is 120 cm³/mol. The van der Waals surface area contributed by atoms with Crippen LogP contribution in [0.2, 0.25) is 0 Å². The first-order chi connectivity index (χ1) is 13.5. The molecular formula is C16H18N4O5S4. The van der Waals surface area contributed by atoms with E-state index in [-0.39, 0.29) is 33.2 Å². The van der Waals surface area contributed by atoms with Gasteiger partial charge in [-0.2, -0.15) is 0 Å². The van der Waals surface area contributed by atoms with Gasteiger partial charge in [0.05, 0.1) is 29.3 Å². The Labute approximate surface area is 179 Å². The summed E-state index contributed by atoms with van der Waals surface area (Å²) in [6.07, 6.45) is 3.03. The van der Waals surface area contributed by atoms with Crippen LogP contribution in [0.4, 0.5) is 11.4 Å². The van der Waals surface area contributed by atoms with Crippen LogP contribution >= 0.6 is 24.4 Å². The molecule has 0 aromatic heterocycles. The maximum Gasteiger partial charge on any atom is 0.173 e. The molecule has 2 atom stereocenters. The molecule has 2 aliphatic heterocycles. The summed E-state index contributed by atoms with van der Waals surface area (Å²) in [5.74, 6) is -0.228. The van der Waals surface area contributed by atoms with E-state index in [1.54, 1.807) is 12.1 Å². The molecular weight excluding hydrogens is 456 g/mol. The van der Waals surface area contributed by atoms with Crippen molar-refractivity contribution in [1.82, 2.24) is 10.6 Å². The van der Waals surface area contributed by atoms with Crippen LogP contribution in [0.25, 0.3) is 0 Å². The highest BCUT2D eigenvalue weighted by atomic mass is 32.2. The highest BCUT2D eigenvalue weighted by Gasteiger charge is 2.23. The van der Waals surface area contributed by atoms with Crippen molar-refractivity contribution in [2.24, 2.45) is 0 Å². The van der Waals surface area contributed by atoms with Crippen molar-refractivity contribution in [3.05, 3.63) is 41.2 Å². The van der Waals surface area contributed by atoms with E-state index in [4.69, 9.17) is 24.4 Å². The second kappa shape index (κ2) is 8.26. The van der Waals surface area contributed by atoms with Crippen LogP contribution in [-0.4, -0.2) is 55.8 Å². The summed E-state index contributed by atoms with van der Waals surface area (Å²) < 4.78 is 45.8. The average Bonchev–Trinajstić information content (AvgIpc) is 3.11. The first-order valence-electron chi connectivity index (χ1n) is 8.31. The average molecular weight is 475 g/mol. The fourth-order valence-corrected chi connectivity index (χ4v) is 5.71. The van der Waals surface area contributed by atoms with Crippen molar-refractivity contribution in [3.8, 4) is 5.75 Å². The van der Waals surface area contributed by atoms with Gasteiger partial charge in [-0.25, -0.2) is 16.8 Å². The smallest absolute Gasteiger partial charge is 0.173 e. The van der Waals surface area contributed by atoms with Gasteiger partial charge in [-0.15, -0.1) is 0 Å². The first-order valence-corrected chi connectivity index (χ1v) is 12.6. The number of rotatable bonds is 4. The Balaban J connectivity index is 1.58. The van der Waals surface area contributed by atoms with Crippen LogP contribution in [0.5, 0.6) is 5.75 Å². The van der Waals surface area contributed by atoms with Crippen molar-refractivity contribution in [1.29, 1.82) is 0 Å². The molecule has 2 heterocycles. The molecule has 0 spiro atoms. The molecule has 1 aromatic carbocycles. The quantitative estimate of drug-likeness (QED) is 0.238. The van der Waals surface area contributed by atoms with Gasteiger partial charge in [0.15, 0.2) is 29.9 Å². The standard InChI is InChI=1S/C16H18N4O5S4/c21-14-2-1-10(17-15(26)18-11-3-5-28(22,23)8-11)7-13(14)20-16(27)19-12-4-6-29(24,25)9-12/h1-7,11-12,21H,8-9H2,(H2,17,18,26)(H2,19,20,27).